The average Bonchev–Trinajstić information content (AvgIpc) is 3.01. The molecule has 0 aliphatic heterocycles. The van der Waals surface area contributed by atoms with Gasteiger partial charge in [-0.15, -0.1) is 0 Å². The summed E-state index contributed by atoms with van der Waals surface area (Å²) in [6.45, 7) is 0. The highest BCUT2D eigenvalue weighted by molar-refractivity contribution is 6.03. The quantitative estimate of drug-likeness (QED) is 0.503. The van der Waals surface area contributed by atoms with Crippen molar-refractivity contribution in [2.24, 2.45) is 34.7 Å². The van der Waals surface area contributed by atoms with Gasteiger partial charge < -0.3 is 0 Å². The second-order valence-corrected chi connectivity index (χ2v) is 7.44. The van der Waals surface area contributed by atoms with E-state index in [4.69, 9.17) is 5.10 Å². The predicted molar refractivity (Wildman–Crippen MR) is 96.4 cm³/mol. The summed E-state index contributed by atoms with van der Waals surface area (Å²) in [4.78, 5) is 10.4. The number of rotatable bonds is 5. The van der Waals surface area contributed by atoms with E-state index in [2.05, 4.69) is 29.7 Å². The summed E-state index contributed by atoms with van der Waals surface area (Å²) in [7, 11) is 0. The van der Waals surface area contributed by atoms with Crippen LogP contribution in [0.15, 0.2) is 59.7 Å². The van der Waals surface area contributed by atoms with Crippen LogP contribution in [-0.4, -0.2) is 10.6 Å². The first-order valence-electron chi connectivity index (χ1n) is 8.86. The molecule has 4 saturated carbocycles. The molecule has 4 fully saturated rings. The molecule has 25 heavy (non-hydrogen) atoms. The van der Waals surface area contributed by atoms with Crippen molar-refractivity contribution in [2.45, 2.75) is 12.8 Å². The van der Waals surface area contributed by atoms with Gasteiger partial charge in [0.1, 0.15) is 0 Å². The molecule has 6 rings (SSSR count). The Hall–Kier alpha value is -2.69. The molecule has 3 atom stereocenters. The van der Waals surface area contributed by atoms with E-state index in [1.165, 1.54) is 30.5 Å². The van der Waals surface area contributed by atoms with Crippen LogP contribution in [0.3, 0.4) is 0 Å². The highest BCUT2D eigenvalue weighted by atomic mass is 16.6. The van der Waals surface area contributed by atoms with Gasteiger partial charge in [-0.25, -0.2) is 0 Å². The molecule has 0 spiro atoms. The van der Waals surface area contributed by atoms with E-state index in [0.29, 0.717) is 5.92 Å². The maximum atomic E-state index is 10.8. The van der Waals surface area contributed by atoms with Gasteiger partial charge >= 0.3 is 0 Å². The number of hydrogen-bond acceptors (Lipinski definition) is 4. The lowest BCUT2D eigenvalue weighted by Gasteiger charge is -2.18. The maximum absolute atomic E-state index is 10.8. The standard InChI is InChI=1S/C20H19N3O2/c24-23(25)15-8-6-14(7-9-15)21-22-20(12-4-2-1-3-5-12)18-13-10-16-17(11-13)19(16)18/h1-9,13,16-19,21H,10-11H2/b22-20+/t13?,16-,17-,18-,19?/m1/s1. The van der Waals surface area contributed by atoms with Crippen LogP contribution in [0.1, 0.15) is 18.4 Å². The molecule has 0 amide bonds. The van der Waals surface area contributed by atoms with Crippen LogP contribution in [0.4, 0.5) is 11.4 Å². The summed E-state index contributed by atoms with van der Waals surface area (Å²) in [6.07, 6.45) is 2.73. The van der Waals surface area contributed by atoms with Crippen LogP contribution in [0.25, 0.3) is 0 Å². The van der Waals surface area contributed by atoms with Gasteiger partial charge in [0, 0.05) is 18.1 Å². The Morgan fingerprint density at radius 2 is 1.72 bits per heavy atom. The van der Waals surface area contributed by atoms with Gasteiger partial charge in [-0.3, -0.25) is 15.5 Å². The molecule has 0 unspecified atom stereocenters. The zero-order valence-electron chi connectivity index (χ0n) is 13.7. The first-order chi connectivity index (χ1) is 12.2. The molecule has 0 heterocycles. The van der Waals surface area contributed by atoms with E-state index in [1.807, 2.05) is 6.07 Å². The number of anilines is 1. The van der Waals surface area contributed by atoms with Gasteiger partial charge in [-0.1, -0.05) is 30.3 Å². The van der Waals surface area contributed by atoms with Crippen molar-refractivity contribution in [1.29, 1.82) is 0 Å². The molecule has 4 aliphatic carbocycles. The molecule has 4 aliphatic rings. The minimum Gasteiger partial charge on any atom is -0.278 e. The Labute approximate surface area is 145 Å². The number of hydrazone groups is 1. The Bertz CT molecular complexity index is 833. The molecule has 126 valence electrons. The molecule has 1 N–H and O–H groups in total. The second-order valence-electron chi connectivity index (χ2n) is 7.44. The fourth-order valence-electron chi connectivity index (χ4n) is 5.20. The normalized spacial score (nSPS) is 31.8. The number of hydrogen-bond donors (Lipinski definition) is 1. The second kappa shape index (κ2) is 5.41. The third-order valence-corrected chi connectivity index (χ3v) is 6.24. The van der Waals surface area contributed by atoms with Gasteiger partial charge in [0.2, 0.25) is 0 Å². The molecule has 4 bridgehead atoms. The van der Waals surface area contributed by atoms with Crippen LogP contribution in [0.2, 0.25) is 0 Å². The molecule has 5 heteroatoms. The molecular weight excluding hydrogens is 314 g/mol. The number of nitro benzene ring substituents is 1. The Morgan fingerprint density at radius 1 is 1.04 bits per heavy atom. The van der Waals surface area contributed by atoms with Crippen molar-refractivity contribution in [3.63, 3.8) is 0 Å². The summed E-state index contributed by atoms with van der Waals surface area (Å²) in [6, 6.07) is 16.8. The van der Waals surface area contributed by atoms with E-state index in [9.17, 15) is 10.1 Å². The van der Waals surface area contributed by atoms with Crippen molar-refractivity contribution in [3.8, 4) is 0 Å². The largest absolute Gasteiger partial charge is 0.278 e. The molecular formula is C20H19N3O2. The van der Waals surface area contributed by atoms with Crippen molar-refractivity contribution >= 4 is 17.1 Å². The van der Waals surface area contributed by atoms with E-state index in [0.717, 1.165) is 35.1 Å². The van der Waals surface area contributed by atoms with E-state index in [1.54, 1.807) is 12.1 Å². The Morgan fingerprint density at radius 3 is 2.28 bits per heavy atom. The summed E-state index contributed by atoms with van der Waals surface area (Å²) >= 11 is 0. The summed E-state index contributed by atoms with van der Waals surface area (Å²) < 4.78 is 0. The SMILES string of the molecule is O=[N+]([O-])c1ccc(N/N=C(\c2ccccc2)[C@@H]2C3C[C@H]4C2[C@@H]4C3)cc1. The number of nitrogens with one attached hydrogen (secondary N) is 1. The number of non-ortho nitro benzene ring substituents is 1. The third kappa shape index (κ3) is 2.34. The Kier molecular flexibility index (Phi) is 3.17. The smallest absolute Gasteiger partial charge is 0.269 e. The van der Waals surface area contributed by atoms with Crippen LogP contribution in [-0.2, 0) is 0 Å². The zero-order valence-corrected chi connectivity index (χ0v) is 13.7. The highest BCUT2D eigenvalue weighted by Crippen LogP contribution is 2.73. The minimum atomic E-state index is -0.387. The zero-order chi connectivity index (χ0) is 17.0. The van der Waals surface area contributed by atoms with Crippen molar-refractivity contribution in [2.75, 3.05) is 5.43 Å². The van der Waals surface area contributed by atoms with Gasteiger partial charge in [-0.05, 0) is 54.2 Å². The average molecular weight is 333 g/mol. The lowest BCUT2D eigenvalue weighted by Crippen LogP contribution is -2.21. The van der Waals surface area contributed by atoms with Crippen LogP contribution in [0, 0.1) is 39.7 Å². The van der Waals surface area contributed by atoms with Gasteiger partial charge in [0.05, 0.1) is 16.3 Å². The number of benzene rings is 2. The summed E-state index contributed by atoms with van der Waals surface area (Å²) in [5.41, 5.74) is 6.33. The lowest BCUT2D eigenvalue weighted by molar-refractivity contribution is -0.384. The predicted octanol–water partition coefficient (Wildman–Crippen LogP) is 4.31. The molecule has 0 aromatic heterocycles. The molecule has 5 nitrogen and oxygen atoms in total. The molecule has 0 radical (unpaired) electrons. The fourth-order valence-corrected chi connectivity index (χ4v) is 5.20. The van der Waals surface area contributed by atoms with Crippen molar-refractivity contribution in [3.05, 3.63) is 70.3 Å². The van der Waals surface area contributed by atoms with E-state index < -0.39 is 0 Å². The van der Waals surface area contributed by atoms with Gasteiger partial charge in [0.25, 0.3) is 5.69 Å². The topological polar surface area (TPSA) is 67.5 Å². The molecule has 2 aromatic carbocycles. The lowest BCUT2D eigenvalue weighted by atomic mass is 9.89. The maximum Gasteiger partial charge on any atom is 0.269 e. The van der Waals surface area contributed by atoms with E-state index >= 15 is 0 Å². The fraction of sp³-hybridized carbons (Fsp3) is 0.350. The minimum absolute atomic E-state index is 0.0928. The van der Waals surface area contributed by atoms with Crippen LogP contribution in [0.5, 0.6) is 0 Å². The van der Waals surface area contributed by atoms with E-state index in [-0.39, 0.29) is 10.6 Å². The monoisotopic (exact) mass is 333 g/mol. The van der Waals surface area contributed by atoms with Crippen molar-refractivity contribution in [1.82, 2.24) is 0 Å². The first kappa shape index (κ1) is 14.6. The van der Waals surface area contributed by atoms with Gasteiger partial charge in [-0.2, -0.15) is 5.10 Å². The third-order valence-electron chi connectivity index (χ3n) is 6.24. The summed E-state index contributed by atoms with van der Waals surface area (Å²) in [5.74, 6) is 4.02. The number of nitrogens with zero attached hydrogens (tertiary/aromatic N) is 2. The highest BCUT2D eigenvalue weighted by Gasteiger charge is 2.69. The molecule has 2 aromatic rings. The van der Waals surface area contributed by atoms with Crippen molar-refractivity contribution < 1.29 is 4.92 Å². The first-order valence-corrected chi connectivity index (χ1v) is 8.86. The Balaban J connectivity index is 1.44. The van der Waals surface area contributed by atoms with Crippen LogP contribution < -0.4 is 5.43 Å². The number of nitro groups is 1. The van der Waals surface area contributed by atoms with Gasteiger partial charge in [0.15, 0.2) is 0 Å². The molecule has 0 saturated heterocycles. The van der Waals surface area contributed by atoms with Crippen LogP contribution >= 0.6 is 0 Å². The summed E-state index contributed by atoms with van der Waals surface area (Å²) in [5, 5.41) is 15.5.